The third-order valence-corrected chi connectivity index (χ3v) is 6.02. The molecule has 5 rings (SSSR count). The first-order chi connectivity index (χ1) is 17.4. The van der Waals surface area contributed by atoms with E-state index in [9.17, 15) is 4.79 Å². The number of carbonyl (C=O) groups excluding carboxylic acids is 1. The van der Waals surface area contributed by atoms with Crippen LogP contribution in [0.4, 0.5) is 5.69 Å². The van der Waals surface area contributed by atoms with Crippen LogP contribution in [0.3, 0.4) is 0 Å². The zero-order chi connectivity index (χ0) is 25.8. The smallest absolute Gasteiger partial charge is 0.341 e. The van der Waals surface area contributed by atoms with Gasteiger partial charge >= 0.3 is 5.97 Å². The molecule has 195 valence electrons. The summed E-state index contributed by atoms with van der Waals surface area (Å²) in [5.41, 5.74) is 9.61. The maximum Gasteiger partial charge on any atom is 0.341 e. The van der Waals surface area contributed by atoms with E-state index in [2.05, 4.69) is 18.0 Å². The van der Waals surface area contributed by atoms with E-state index in [0.717, 1.165) is 25.3 Å². The number of benzene rings is 2. The Hall–Kier alpha value is -3.53. The van der Waals surface area contributed by atoms with Gasteiger partial charge in [0.15, 0.2) is 23.0 Å². The highest BCUT2D eigenvalue weighted by molar-refractivity contribution is 6.02. The molecule has 0 atom stereocenters. The van der Waals surface area contributed by atoms with Gasteiger partial charge in [0.25, 0.3) is 0 Å². The summed E-state index contributed by atoms with van der Waals surface area (Å²) in [5.74, 6) is 3.01. The Morgan fingerprint density at radius 1 is 0.944 bits per heavy atom. The van der Waals surface area contributed by atoms with Gasteiger partial charge in [-0.2, -0.15) is 0 Å². The van der Waals surface area contributed by atoms with Crippen LogP contribution in [0, 0.1) is 6.07 Å². The summed E-state index contributed by atoms with van der Waals surface area (Å²) in [6.07, 6.45) is 0.985. The first-order valence-electron chi connectivity index (χ1n) is 12.1. The number of anilines is 1. The number of nitrogens with two attached hydrogens (primary N) is 1. The molecule has 0 bridgehead atoms. The van der Waals surface area contributed by atoms with Crippen LogP contribution in [0.25, 0.3) is 0 Å². The van der Waals surface area contributed by atoms with E-state index in [0.29, 0.717) is 59.7 Å². The van der Waals surface area contributed by atoms with Gasteiger partial charge in [0, 0.05) is 24.7 Å². The van der Waals surface area contributed by atoms with E-state index in [1.807, 2.05) is 20.8 Å². The van der Waals surface area contributed by atoms with Gasteiger partial charge in [-0.15, -0.1) is 0 Å². The first kappa shape index (κ1) is 25.6. The average molecular weight is 502 g/mol. The Morgan fingerprint density at radius 2 is 1.64 bits per heavy atom. The fourth-order valence-corrected chi connectivity index (χ4v) is 4.47. The van der Waals surface area contributed by atoms with Gasteiger partial charge in [0.2, 0.25) is 18.3 Å². The fraction of sp³-hybridized carbons (Fsp3) is 0.500. The van der Waals surface area contributed by atoms with Crippen LogP contribution in [0.2, 0.25) is 0 Å². The first-order valence-corrected chi connectivity index (χ1v) is 12.1. The van der Waals surface area contributed by atoms with Crippen LogP contribution in [0.1, 0.15) is 47.8 Å². The number of rotatable bonds is 7. The molecule has 0 fully saturated rings. The zero-order valence-corrected chi connectivity index (χ0v) is 21.4. The molecule has 0 aliphatic carbocycles. The lowest BCUT2D eigenvalue weighted by atomic mass is 9.98. The molecule has 0 saturated carbocycles. The van der Waals surface area contributed by atoms with Crippen molar-refractivity contribution in [2.75, 3.05) is 53.0 Å². The van der Waals surface area contributed by atoms with Crippen molar-refractivity contribution in [1.82, 2.24) is 4.90 Å². The summed E-state index contributed by atoms with van der Waals surface area (Å²) in [6.45, 7) is 9.17. The third kappa shape index (κ3) is 4.65. The van der Waals surface area contributed by atoms with E-state index in [1.165, 1.54) is 11.1 Å². The molecule has 2 N–H and O–H groups in total. The molecule has 10 heteroatoms. The summed E-state index contributed by atoms with van der Waals surface area (Å²) < 4.78 is 38.1. The average Bonchev–Trinajstić information content (AvgIpc) is 3.49. The van der Waals surface area contributed by atoms with E-state index >= 15 is 0 Å². The van der Waals surface area contributed by atoms with E-state index in [4.69, 9.17) is 38.9 Å². The third-order valence-electron chi connectivity index (χ3n) is 6.02. The summed E-state index contributed by atoms with van der Waals surface area (Å²) in [6, 6.07) is 3.29. The van der Waals surface area contributed by atoms with Crippen LogP contribution in [-0.4, -0.2) is 58.2 Å². The number of nitrogen functional groups attached to an aromatic ring is 1. The van der Waals surface area contributed by atoms with Gasteiger partial charge < -0.3 is 43.8 Å². The topological polar surface area (TPSA) is 111 Å². The molecule has 0 aromatic heterocycles. The Labute approximate surface area is 211 Å². The molecule has 3 aliphatic rings. The van der Waals surface area contributed by atoms with Crippen molar-refractivity contribution in [3.63, 3.8) is 0 Å². The molecule has 2 aromatic rings. The summed E-state index contributed by atoms with van der Waals surface area (Å²) >= 11 is 0. The molecular weight excluding hydrogens is 468 g/mol. The predicted molar refractivity (Wildman–Crippen MR) is 131 cm³/mol. The van der Waals surface area contributed by atoms with Gasteiger partial charge in [-0.25, -0.2) is 4.79 Å². The lowest BCUT2D eigenvalue weighted by Gasteiger charge is -2.26. The highest BCUT2D eigenvalue weighted by Gasteiger charge is 2.34. The van der Waals surface area contributed by atoms with E-state index in [-0.39, 0.29) is 19.1 Å². The molecule has 0 unspecified atom stereocenters. The van der Waals surface area contributed by atoms with Crippen molar-refractivity contribution in [3.8, 4) is 34.5 Å². The molecule has 2 aromatic carbocycles. The second-order valence-electron chi connectivity index (χ2n) is 8.30. The number of hydrogen-bond donors (Lipinski definition) is 1. The summed E-state index contributed by atoms with van der Waals surface area (Å²) in [4.78, 5) is 14.1. The number of esters is 1. The standard InChI is InChI=1S/C14H19NO5.C12H14NO3/c1-4-17-11-8-7-20-14(16)9(8)10(15)12(18-5-2)13(11)19-6-3;1-13-4-3-8-5-10-12(16-7-15-10)11(14-2)9(8)6-13/h4-7,15H2,1-3H3;3-4,6-7H2,1-2H3. The predicted octanol–water partition coefficient (Wildman–Crippen LogP) is 3.35. The molecule has 3 aliphatic heterocycles. The monoisotopic (exact) mass is 501 g/mol. The van der Waals surface area contributed by atoms with E-state index < -0.39 is 5.97 Å². The maximum absolute atomic E-state index is 11.8. The highest BCUT2D eigenvalue weighted by atomic mass is 16.7. The maximum atomic E-state index is 11.8. The minimum Gasteiger partial charge on any atom is -0.492 e. The van der Waals surface area contributed by atoms with Crippen LogP contribution in [0.15, 0.2) is 0 Å². The van der Waals surface area contributed by atoms with Crippen molar-refractivity contribution in [2.45, 2.75) is 40.3 Å². The quantitative estimate of drug-likeness (QED) is 0.448. The number of cyclic esters (lactones) is 1. The zero-order valence-electron chi connectivity index (χ0n) is 21.4. The van der Waals surface area contributed by atoms with Crippen LogP contribution < -0.4 is 34.2 Å². The molecule has 0 amide bonds. The summed E-state index contributed by atoms with van der Waals surface area (Å²) in [5, 5.41) is 0. The van der Waals surface area contributed by atoms with E-state index in [1.54, 1.807) is 7.11 Å². The number of methoxy groups -OCH3 is 1. The van der Waals surface area contributed by atoms with Crippen molar-refractivity contribution >= 4 is 11.7 Å². The number of nitrogens with zero attached hydrogens (tertiary/aromatic N) is 1. The number of carbonyl (C=O) groups is 1. The Bertz CT molecular complexity index is 1130. The van der Waals surface area contributed by atoms with Gasteiger partial charge in [0.05, 0.1) is 43.7 Å². The largest absolute Gasteiger partial charge is 0.492 e. The minimum atomic E-state index is -0.456. The number of fused-ring (bicyclic) bond motifs is 3. The second kappa shape index (κ2) is 11.0. The number of hydrogen-bond acceptors (Lipinski definition) is 10. The Morgan fingerprint density at radius 3 is 2.33 bits per heavy atom. The van der Waals surface area contributed by atoms with Gasteiger partial charge in [-0.3, -0.25) is 0 Å². The molecule has 36 heavy (non-hydrogen) atoms. The molecule has 10 nitrogen and oxygen atoms in total. The molecule has 0 saturated heterocycles. The van der Waals surface area contributed by atoms with Gasteiger partial charge in [-0.05, 0) is 39.8 Å². The van der Waals surface area contributed by atoms with Crippen LogP contribution in [-0.2, 0) is 24.3 Å². The van der Waals surface area contributed by atoms with Crippen molar-refractivity contribution in [1.29, 1.82) is 0 Å². The van der Waals surface area contributed by atoms with Gasteiger partial charge in [0.1, 0.15) is 6.61 Å². The Kier molecular flexibility index (Phi) is 7.83. The minimum absolute atomic E-state index is 0.139. The van der Waals surface area contributed by atoms with Crippen molar-refractivity contribution in [2.24, 2.45) is 0 Å². The normalized spacial score (nSPS) is 15.3. The molecule has 0 spiro atoms. The molecule has 1 radical (unpaired) electrons. The molecular formula is C26H33N2O8. The second-order valence-corrected chi connectivity index (χ2v) is 8.30. The highest BCUT2D eigenvalue weighted by Crippen LogP contribution is 2.50. The lowest BCUT2D eigenvalue weighted by molar-refractivity contribution is 0.0534. The number of likely N-dealkylation sites (N-methyl/N-ethyl adjacent to an activating group) is 1. The summed E-state index contributed by atoms with van der Waals surface area (Å²) in [7, 11) is 3.78. The van der Waals surface area contributed by atoms with Gasteiger partial charge in [-0.1, -0.05) is 0 Å². The van der Waals surface area contributed by atoms with Crippen molar-refractivity contribution in [3.05, 3.63) is 28.3 Å². The fourth-order valence-electron chi connectivity index (χ4n) is 4.47. The molecule has 3 heterocycles. The van der Waals surface area contributed by atoms with Crippen LogP contribution >= 0.6 is 0 Å². The SMILES string of the molecule is CCOc1c(N)c2c(c(OCC)c1OCC)COC2=O.COc1c2c([c]c3c1OCO3)CCN(C)C2. The van der Waals surface area contributed by atoms with Crippen molar-refractivity contribution < 1.29 is 38.0 Å². The van der Waals surface area contributed by atoms with Crippen LogP contribution in [0.5, 0.6) is 34.5 Å². The number of ether oxygens (including phenoxy) is 7. The Balaban J connectivity index is 0.000000173. The lowest BCUT2D eigenvalue weighted by Crippen LogP contribution is -2.27.